The number of fused-ring (bicyclic) bond motifs is 1. The summed E-state index contributed by atoms with van der Waals surface area (Å²) in [7, 11) is -4.65. The van der Waals surface area contributed by atoms with Crippen LogP contribution in [0.2, 0.25) is 0 Å². The van der Waals surface area contributed by atoms with Crippen molar-refractivity contribution >= 4 is 21.5 Å². The van der Waals surface area contributed by atoms with E-state index in [1.807, 2.05) is 0 Å². The van der Waals surface area contributed by atoms with E-state index in [4.69, 9.17) is 4.74 Å². The minimum absolute atomic E-state index is 0.0169. The number of aryl methyl sites for hydroxylation is 1. The Morgan fingerprint density at radius 3 is 2.25 bits per heavy atom. The van der Waals surface area contributed by atoms with Gasteiger partial charge in [0, 0.05) is 24.6 Å². The van der Waals surface area contributed by atoms with Crippen LogP contribution in [0, 0.1) is 13.8 Å². The van der Waals surface area contributed by atoms with Gasteiger partial charge in [0.15, 0.2) is 0 Å². The zero-order chi connectivity index (χ0) is 26.5. The van der Waals surface area contributed by atoms with Gasteiger partial charge in [0.25, 0.3) is 0 Å². The molecule has 4 rings (SSSR count). The number of halogens is 3. The molecule has 2 unspecified atom stereocenters. The quantitative estimate of drug-likeness (QED) is 0.442. The average molecular weight is 520 g/mol. The number of nitrogens with one attached hydrogen (secondary N) is 1. The van der Waals surface area contributed by atoms with E-state index < -0.39 is 49.2 Å². The molecule has 2 atom stereocenters. The van der Waals surface area contributed by atoms with Crippen LogP contribution in [0.25, 0.3) is 11.1 Å². The predicted octanol–water partition coefficient (Wildman–Crippen LogP) is 5.58. The third kappa shape index (κ3) is 4.19. The molecule has 0 spiro atoms. The largest absolute Gasteiger partial charge is 0.477 e. The molecule has 6 nitrogen and oxygen atoms in total. The lowest BCUT2D eigenvalue weighted by Crippen LogP contribution is -2.54. The highest BCUT2D eigenvalue weighted by Crippen LogP contribution is 2.47. The normalized spacial score (nSPS) is 17.1. The first-order valence-corrected chi connectivity index (χ1v) is 12.6. The molecule has 10 heteroatoms. The summed E-state index contributed by atoms with van der Waals surface area (Å²) in [4.78, 5) is 9.54. The number of carboxylic acid groups (broad SMARTS) is 1. The summed E-state index contributed by atoms with van der Waals surface area (Å²) in [6.45, 7) is 3.59. The van der Waals surface area contributed by atoms with Gasteiger partial charge in [0.2, 0.25) is 9.84 Å². The van der Waals surface area contributed by atoms with Crippen LogP contribution < -0.4 is 10.1 Å². The van der Waals surface area contributed by atoms with E-state index >= 15 is 0 Å². The van der Waals surface area contributed by atoms with Gasteiger partial charge >= 0.3 is 17.1 Å². The van der Waals surface area contributed by atoms with E-state index in [2.05, 4.69) is 5.32 Å². The minimum atomic E-state index is -4.81. The van der Waals surface area contributed by atoms with Gasteiger partial charge in [-0.05, 0) is 48.2 Å². The van der Waals surface area contributed by atoms with E-state index in [0.717, 1.165) is 6.92 Å². The number of anilines is 1. The third-order valence-electron chi connectivity index (χ3n) is 6.51. The van der Waals surface area contributed by atoms with Crippen molar-refractivity contribution in [3.8, 4) is 16.9 Å². The molecular weight excluding hydrogens is 495 g/mol. The SMILES string of the molecule is Cc1cc(OC(C)(C(=O)O)S(=O)(=O)C2Cc3ccccc3N2)c(-c2ccccc2)c(C(F)(F)F)c1C. The summed E-state index contributed by atoms with van der Waals surface area (Å²) in [5, 5.41) is 11.5. The average Bonchev–Trinajstić information content (AvgIpc) is 3.26. The van der Waals surface area contributed by atoms with Crippen molar-refractivity contribution in [3.63, 3.8) is 0 Å². The van der Waals surface area contributed by atoms with Crippen molar-refractivity contribution in [2.75, 3.05) is 5.32 Å². The molecule has 36 heavy (non-hydrogen) atoms. The number of hydrogen-bond donors (Lipinski definition) is 2. The number of ether oxygens (including phenoxy) is 1. The van der Waals surface area contributed by atoms with E-state index in [0.29, 0.717) is 11.3 Å². The zero-order valence-corrected chi connectivity index (χ0v) is 20.5. The van der Waals surface area contributed by atoms with Gasteiger partial charge in [-0.3, -0.25) is 0 Å². The second-order valence-corrected chi connectivity index (χ2v) is 11.3. The molecule has 0 saturated heterocycles. The first-order chi connectivity index (χ1) is 16.8. The molecule has 0 bridgehead atoms. The van der Waals surface area contributed by atoms with Crippen molar-refractivity contribution < 1.29 is 36.2 Å². The van der Waals surface area contributed by atoms with Gasteiger partial charge in [-0.2, -0.15) is 13.2 Å². The van der Waals surface area contributed by atoms with Crippen molar-refractivity contribution in [2.45, 2.75) is 43.7 Å². The molecule has 0 aliphatic carbocycles. The van der Waals surface area contributed by atoms with Crippen molar-refractivity contribution in [3.05, 3.63) is 82.9 Å². The van der Waals surface area contributed by atoms with Gasteiger partial charge in [0.05, 0.1) is 5.56 Å². The molecule has 0 aromatic heterocycles. The highest BCUT2D eigenvalue weighted by atomic mass is 32.2. The second-order valence-electron chi connectivity index (χ2n) is 8.82. The van der Waals surface area contributed by atoms with Crippen LogP contribution in [-0.4, -0.2) is 29.8 Å². The fourth-order valence-electron chi connectivity index (χ4n) is 4.37. The number of aliphatic carboxylic acids is 1. The Morgan fingerprint density at radius 1 is 1.06 bits per heavy atom. The molecule has 0 radical (unpaired) electrons. The smallest absolute Gasteiger partial charge is 0.417 e. The summed E-state index contributed by atoms with van der Waals surface area (Å²) in [6.07, 6.45) is -4.83. The topological polar surface area (TPSA) is 92.7 Å². The molecule has 1 aliphatic rings. The van der Waals surface area contributed by atoms with Crippen molar-refractivity contribution in [1.82, 2.24) is 0 Å². The molecule has 1 heterocycles. The summed E-state index contributed by atoms with van der Waals surface area (Å²) in [5.41, 5.74) is -0.00470. The van der Waals surface area contributed by atoms with Gasteiger partial charge in [0.1, 0.15) is 11.1 Å². The summed E-state index contributed by atoms with van der Waals surface area (Å²) < 4.78 is 75.8. The highest BCUT2D eigenvalue weighted by Gasteiger charge is 2.55. The Kier molecular flexibility index (Phi) is 6.28. The lowest BCUT2D eigenvalue weighted by molar-refractivity contribution is -0.147. The number of benzene rings is 3. The van der Waals surface area contributed by atoms with Crippen LogP contribution >= 0.6 is 0 Å². The van der Waals surface area contributed by atoms with Crippen LogP contribution in [0.3, 0.4) is 0 Å². The highest BCUT2D eigenvalue weighted by molar-refractivity contribution is 7.94. The van der Waals surface area contributed by atoms with Gasteiger partial charge in [-0.25, -0.2) is 13.2 Å². The Balaban J connectivity index is 1.89. The summed E-state index contributed by atoms with van der Waals surface area (Å²) in [6, 6.07) is 15.6. The number of carboxylic acids is 1. The maximum Gasteiger partial charge on any atom is 0.417 e. The van der Waals surface area contributed by atoms with E-state index in [1.165, 1.54) is 44.2 Å². The molecule has 3 aromatic carbocycles. The number of carbonyl (C=O) groups is 1. The van der Waals surface area contributed by atoms with Crippen molar-refractivity contribution in [1.29, 1.82) is 0 Å². The molecule has 0 saturated carbocycles. The standard InChI is InChI=1S/C26H24F3NO5S/c1-15-13-20(22(17-9-5-4-6-10-17)23(16(15)2)26(27,28)29)35-25(3,24(31)32)36(33,34)21-14-18-11-7-8-12-19(18)30-21/h4-13,21,30H,14H2,1-3H3,(H,31,32). The fourth-order valence-corrected chi connectivity index (χ4v) is 6.04. The third-order valence-corrected chi connectivity index (χ3v) is 8.88. The second kappa shape index (κ2) is 8.85. The van der Waals surface area contributed by atoms with Crippen molar-refractivity contribution in [2.24, 2.45) is 0 Å². The Labute approximate surface area is 206 Å². The first-order valence-electron chi connectivity index (χ1n) is 11.0. The summed E-state index contributed by atoms with van der Waals surface area (Å²) in [5.74, 6) is -2.33. The monoisotopic (exact) mass is 519 g/mol. The minimum Gasteiger partial charge on any atom is -0.477 e. The Hall–Kier alpha value is -3.53. The van der Waals surface area contributed by atoms with Crippen LogP contribution in [0.5, 0.6) is 5.75 Å². The number of para-hydroxylation sites is 1. The lowest BCUT2D eigenvalue weighted by atomic mass is 9.91. The number of alkyl halides is 3. The first kappa shape index (κ1) is 25.6. The molecule has 190 valence electrons. The van der Waals surface area contributed by atoms with Gasteiger partial charge in [-0.15, -0.1) is 0 Å². The number of sulfone groups is 1. The molecule has 0 amide bonds. The Morgan fingerprint density at radius 2 is 1.67 bits per heavy atom. The van der Waals surface area contributed by atoms with Gasteiger partial charge < -0.3 is 15.2 Å². The van der Waals surface area contributed by atoms with E-state index in [-0.39, 0.29) is 23.1 Å². The maximum absolute atomic E-state index is 14.3. The van der Waals surface area contributed by atoms with Crippen LogP contribution in [0.15, 0.2) is 60.7 Å². The number of rotatable bonds is 6. The van der Waals surface area contributed by atoms with Crippen LogP contribution in [0.4, 0.5) is 18.9 Å². The molecule has 3 aromatic rings. The summed E-state index contributed by atoms with van der Waals surface area (Å²) >= 11 is 0. The molecule has 2 N–H and O–H groups in total. The van der Waals surface area contributed by atoms with E-state index in [9.17, 15) is 31.5 Å². The number of hydrogen-bond acceptors (Lipinski definition) is 5. The lowest BCUT2D eigenvalue weighted by Gasteiger charge is -2.31. The van der Waals surface area contributed by atoms with E-state index in [1.54, 1.807) is 30.3 Å². The molecule has 1 aliphatic heterocycles. The van der Waals surface area contributed by atoms with Crippen LogP contribution in [0.1, 0.15) is 29.2 Å². The predicted molar refractivity (Wildman–Crippen MR) is 129 cm³/mol. The van der Waals surface area contributed by atoms with Gasteiger partial charge in [-0.1, -0.05) is 48.5 Å². The molecular formula is C26H24F3NO5S. The zero-order valence-electron chi connectivity index (χ0n) is 19.7. The molecule has 0 fully saturated rings. The van der Waals surface area contributed by atoms with Crippen LogP contribution in [-0.2, 0) is 27.2 Å². The Bertz CT molecular complexity index is 1410. The fraction of sp³-hybridized carbons (Fsp3) is 0.269. The maximum atomic E-state index is 14.3.